The summed E-state index contributed by atoms with van der Waals surface area (Å²) in [6.45, 7) is 0. The van der Waals surface area contributed by atoms with Gasteiger partial charge in [0.25, 0.3) is 0 Å². The van der Waals surface area contributed by atoms with E-state index in [-0.39, 0.29) is 5.91 Å². The average molecular weight is 287 g/mol. The Hall–Kier alpha value is -0.790. The summed E-state index contributed by atoms with van der Waals surface area (Å²) in [5, 5.41) is 0.359. The highest BCUT2D eigenvalue weighted by Crippen LogP contribution is 2.12. The fraction of sp³-hybridized carbons (Fsp3) is 0.545. The number of aromatic nitrogens is 2. The molecule has 7 heteroatoms. The van der Waals surface area contributed by atoms with E-state index in [1.165, 1.54) is 0 Å². The third-order valence-electron chi connectivity index (χ3n) is 2.16. The molecule has 1 atom stereocenters. The molecule has 0 aliphatic carbocycles. The van der Waals surface area contributed by atoms with Crippen molar-refractivity contribution in [2.75, 3.05) is 26.1 Å². The van der Waals surface area contributed by atoms with Crippen molar-refractivity contribution >= 4 is 28.8 Å². The number of carbonyl (C=O) groups excluding carboxylic acids is 1. The van der Waals surface area contributed by atoms with Gasteiger partial charge in [-0.05, 0) is 6.07 Å². The Morgan fingerprint density at radius 2 is 2.28 bits per heavy atom. The van der Waals surface area contributed by atoms with Gasteiger partial charge in [0.1, 0.15) is 6.26 Å². The van der Waals surface area contributed by atoms with E-state index in [0.29, 0.717) is 17.3 Å². The first-order chi connectivity index (χ1) is 8.50. The van der Waals surface area contributed by atoms with Crippen LogP contribution in [0.15, 0.2) is 17.4 Å². The maximum atomic E-state index is 11.3. The molecular weight excluding hydrogens is 270 g/mol. The number of nitrogens with zero attached hydrogens (tertiary/aromatic N) is 3. The van der Waals surface area contributed by atoms with E-state index in [1.807, 2.05) is 0 Å². The fourth-order valence-corrected chi connectivity index (χ4v) is 2.44. The van der Waals surface area contributed by atoms with Gasteiger partial charge < -0.3 is 9.45 Å². The minimum absolute atomic E-state index is 0.125. The van der Waals surface area contributed by atoms with E-state index in [0.717, 1.165) is 11.4 Å². The molecule has 0 aliphatic heterocycles. The summed E-state index contributed by atoms with van der Waals surface area (Å²) in [7, 11) is 3.50. The highest BCUT2D eigenvalue weighted by molar-refractivity contribution is 7.98. The minimum Gasteiger partial charge on any atom is -0.609 e. The predicted molar refractivity (Wildman–Crippen MR) is 73.8 cm³/mol. The lowest BCUT2D eigenvalue weighted by molar-refractivity contribution is -0.128. The zero-order chi connectivity index (χ0) is 13.5. The summed E-state index contributed by atoms with van der Waals surface area (Å²) in [6, 6.07) is 1.80. The second-order valence-corrected chi connectivity index (χ2v) is 6.25. The maximum Gasteiger partial charge on any atom is 0.342 e. The van der Waals surface area contributed by atoms with Gasteiger partial charge in [0.05, 0.1) is 5.69 Å². The molecule has 0 bridgehead atoms. The van der Waals surface area contributed by atoms with Gasteiger partial charge in [-0.1, -0.05) is 0 Å². The van der Waals surface area contributed by atoms with E-state index in [4.69, 9.17) is 0 Å². The van der Waals surface area contributed by atoms with E-state index in [9.17, 15) is 9.35 Å². The van der Waals surface area contributed by atoms with Crippen LogP contribution in [0.4, 0.5) is 0 Å². The van der Waals surface area contributed by atoms with Gasteiger partial charge >= 0.3 is 5.16 Å². The molecule has 1 heterocycles. The normalized spacial score (nSPS) is 12.2. The van der Waals surface area contributed by atoms with Gasteiger partial charge in [0, 0.05) is 49.4 Å². The minimum atomic E-state index is -1.15. The quantitative estimate of drug-likeness (QED) is 0.442. The lowest BCUT2D eigenvalue weighted by Gasteiger charge is -2.09. The lowest BCUT2D eigenvalue weighted by Crippen LogP contribution is -2.21. The number of rotatable bonds is 6. The lowest BCUT2D eigenvalue weighted by atomic mass is 10.4. The van der Waals surface area contributed by atoms with Crippen LogP contribution in [0.1, 0.15) is 12.1 Å². The fourth-order valence-electron chi connectivity index (χ4n) is 1.15. The molecule has 0 radical (unpaired) electrons. The molecule has 0 aliphatic rings. The van der Waals surface area contributed by atoms with E-state index < -0.39 is 11.2 Å². The standard InChI is InChI=1S/C11H17N3O2S2/c1-14(2)10(15)5-7-17-8-9-4-6-12-11(13-9)18(3)16/h4,6H,5,7-8H2,1-3H3. The van der Waals surface area contributed by atoms with Crippen LogP contribution in [0.5, 0.6) is 0 Å². The third-order valence-corrected chi connectivity index (χ3v) is 3.86. The zero-order valence-corrected chi connectivity index (χ0v) is 12.4. The Bertz CT molecular complexity index is 400. The Balaban J connectivity index is 2.35. The summed E-state index contributed by atoms with van der Waals surface area (Å²) in [6.07, 6.45) is 3.70. The number of amides is 1. The zero-order valence-electron chi connectivity index (χ0n) is 10.8. The number of thioether (sulfide) groups is 1. The van der Waals surface area contributed by atoms with Gasteiger partial charge in [-0.25, -0.2) is 0 Å². The van der Waals surface area contributed by atoms with Crippen molar-refractivity contribution in [1.29, 1.82) is 0 Å². The molecule has 0 fully saturated rings. The van der Waals surface area contributed by atoms with Crippen LogP contribution in [0, 0.1) is 0 Å². The van der Waals surface area contributed by atoms with E-state index >= 15 is 0 Å². The van der Waals surface area contributed by atoms with Crippen molar-refractivity contribution < 1.29 is 9.35 Å². The molecule has 0 aromatic carbocycles. The molecule has 1 aromatic heterocycles. The summed E-state index contributed by atoms with van der Waals surface area (Å²) < 4.78 is 11.2. The van der Waals surface area contributed by atoms with E-state index in [2.05, 4.69) is 9.97 Å². The van der Waals surface area contributed by atoms with Crippen LogP contribution in [0.2, 0.25) is 0 Å². The Kier molecular flexibility index (Phi) is 6.45. The SMILES string of the molecule is CN(C)C(=O)CCSCc1ccnc([S+](C)[O-])n1. The molecule has 5 nitrogen and oxygen atoms in total. The number of carbonyl (C=O) groups is 1. The topological polar surface area (TPSA) is 69.2 Å². The molecule has 0 saturated carbocycles. The molecule has 18 heavy (non-hydrogen) atoms. The smallest absolute Gasteiger partial charge is 0.342 e. The molecule has 0 N–H and O–H groups in total. The molecule has 100 valence electrons. The molecule has 0 saturated heterocycles. The first kappa shape index (κ1) is 15.3. The van der Waals surface area contributed by atoms with Crippen molar-refractivity contribution in [3.05, 3.63) is 18.0 Å². The summed E-state index contributed by atoms with van der Waals surface area (Å²) in [4.78, 5) is 21.1. The van der Waals surface area contributed by atoms with Crippen LogP contribution in [-0.4, -0.2) is 51.4 Å². The van der Waals surface area contributed by atoms with Crippen molar-refractivity contribution in [2.45, 2.75) is 17.3 Å². The highest BCUT2D eigenvalue weighted by atomic mass is 32.2. The Labute approximate surface area is 115 Å². The second kappa shape index (κ2) is 7.60. The molecular formula is C11H17N3O2S2. The summed E-state index contributed by atoms with van der Waals surface area (Å²) >= 11 is 0.483. The van der Waals surface area contributed by atoms with Crippen LogP contribution < -0.4 is 0 Å². The van der Waals surface area contributed by atoms with Gasteiger partial charge in [-0.2, -0.15) is 21.7 Å². The van der Waals surface area contributed by atoms with Gasteiger partial charge in [0.2, 0.25) is 5.91 Å². The summed E-state index contributed by atoms with van der Waals surface area (Å²) in [5.74, 6) is 1.58. The number of hydrogen-bond acceptors (Lipinski definition) is 5. The Morgan fingerprint density at radius 3 is 2.89 bits per heavy atom. The van der Waals surface area contributed by atoms with Gasteiger partial charge in [-0.3, -0.25) is 4.79 Å². The van der Waals surface area contributed by atoms with E-state index in [1.54, 1.807) is 49.3 Å². The van der Waals surface area contributed by atoms with Crippen molar-refractivity contribution in [1.82, 2.24) is 14.9 Å². The van der Waals surface area contributed by atoms with Crippen molar-refractivity contribution in [2.24, 2.45) is 0 Å². The first-order valence-corrected chi connectivity index (χ1v) is 8.15. The average Bonchev–Trinajstić information content (AvgIpc) is 2.34. The molecule has 1 rings (SSSR count). The maximum absolute atomic E-state index is 11.3. The van der Waals surface area contributed by atoms with Crippen LogP contribution >= 0.6 is 11.8 Å². The molecule has 1 unspecified atom stereocenters. The molecule has 1 amide bonds. The van der Waals surface area contributed by atoms with Crippen LogP contribution in [-0.2, 0) is 21.7 Å². The van der Waals surface area contributed by atoms with Crippen molar-refractivity contribution in [3.63, 3.8) is 0 Å². The second-order valence-electron chi connectivity index (χ2n) is 3.88. The highest BCUT2D eigenvalue weighted by Gasteiger charge is 2.09. The van der Waals surface area contributed by atoms with Crippen LogP contribution in [0.25, 0.3) is 0 Å². The predicted octanol–water partition coefficient (Wildman–Crippen LogP) is 0.925. The monoisotopic (exact) mass is 287 g/mol. The van der Waals surface area contributed by atoms with Gasteiger partial charge in [0.15, 0.2) is 0 Å². The molecule has 0 spiro atoms. The first-order valence-electron chi connectivity index (χ1n) is 5.44. The molecule has 1 aromatic rings. The Morgan fingerprint density at radius 1 is 1.56 bits per heavy atom. The van der Waals surface area contributed by atoms with Crippen LogP contribution in [0.3, 0.4) is 0 Å². The van der Waals surface area contributed by atoms with Crippen molar-refractivity contribution in [3.8, 4) is 0 Å². The number of hydrogen-bond donors (Lipinski definition) is 0. The third kappa shape index (κ3) is 5.24. The largest absolute Gasteiger partial charge is 0.609 e. The van der Waals surface area contributed by atoms with Gasteiger partial charge in [-0.15, -0.1) is 0 Å². The summed E-state index contributed by atoms with van der Waals surface area (Å²) in [5.41, 5.74) is 0.845.